The third kappa shape index (κ3) is 4.67. The number of benzene rings is 1. The summed E-state index contributed by atoms with van der Waals surface area (Å²) in [5, 5.41) is 14.8. The van der Waals surface area contributed by atoms with Crippen molar-refractivity contribution in [3.8, 4) is 0 Å². The maximum atomic E-state index is 11.9. The molecule has 3 N–H and O–H groups in total. The van der Waals surface area contributed by atoms with E-state index in [0.717, 1.165) is 0 Å². The van der Waals surface area contributed by atoms with Crippen molar-refractivity contribution in [2.45, 2.75) is 6.10 Å². The molecule has 0 saturated carbocycles. The first-order valence-corrected chi connectivity index (χ1v) is 7.49. The fourth-order valence-corrected chi connectivity index (χ4v) is 2.19. The highest BCUT2D eigenvalue weighted by Gasteiger charge is 2.17. The third-order valence-electron chi connectivity index (χ3n) is 3.55. The lowest BCUT2D eigenvalue weighted by Gasteiger charge is -2.13. The summed E-state index contributed by atoms with van der Waals surface area (Å²) in [7, 11) is 3.04. The molecule has 2 aromatic rings. The monoisotopic (exact) mass is 345 g/mol. The van der Waals surface area contributed by atoms with E-state index in [4.69, 9.17) is 0 Å². The van der Waals surface area contributed by atoms with Crippen molar-refractivity contribution in [3.05, 3.63) is 53.9 Å². The van der Waals surface area contributed by atoms with Gasteiger partial charge < -0.3 is 25.0 Å². The van der Waals surface area contributed by atoms with E-state index in [1.165, 1.54) is 31.4 Å². The van der Waals surface area contributed by atoms with E-state index >= 15 is 0 Å². The molecule has 1 atom stereocenters. The first-order valence-electron chi connectivity index (χ1n) is 7.49. The summed E-state index contributed by atoms with van der Waals surface area (Å²) in [6.07, 6.45) is 0.849. The number of hydrogen-bond acceptors (Lipinski definition) is 5. The van der Waals surface area contributed by atoms with Crippen LogP contribution in [0.4, 0.5) is 5.69 Å². The third-order valence-corrected chi connectivity index (χ3v) is 3.55. The van der Waals surface area contributed by atoms with Crippen molar-refractivity contribution in [1.82, 2.24) is 9.88 Å². The van der Waals surface area contributed by atoms with Gasteiger partial charge in [-0.1, -0.05) is 0 Å². The number of methoxy groups -OCH3 is 1. The smallest absolute Gasteiger partial charge is 0.337 e. The fraction of sp³-hybridized carbons (Fsp3) is 0.235. The number of anilines is 1. The molecule has 0 radical (unpaired) electrons. The van der Waals surface area contributed by atoms with Gasteiger partial charge in [-0.2, -0.15) is 0 Å². The molecular weight excluding hydrogens is 326 g/mol. The van der Waals surface area contributed by atoms with Crippen LogP contribution in [-0.4, -0.2) is 41.1 Å². The highest BCUT2D eigenvalue weighted by atomic mass is 16.5. The van der Waals surface area contributed by atoms with Gasteiger partial charge in [-0.05, 0) is 36.4 Å². The molecule has 2 rings (SSSR count). The van der Waals surface area contributed by atoms with E-state index in [9.17, 15) is 19.5 Å². The van der Waals surface area contributed by atoms with Crippen molar-refractivity contribution in [1.29, 1.82) is 0 Å². The summed E-state index contributed by atoms with van der Waals surface area (Å²) < 4.78 is 6.29. The number of amides is 2. The Kier molecular flexibility index (Phi) is 5.91. The Balaban J connectivity index is 1.87. The van der Waals surface area contributed by atoms with Crippen LogP contribution in [0.1, 0.15) is 22.2 Å². The van der Waals surface area contributed by atoms with Gasteiger partial charge in [0.15, 0.2) is 0 Å². The van der Waals surface area contributed by atoms with E-state index in [0.29, 0.717) is 16.9 Å². The number of aliphatic hydroxyl groups excluding tert-OH is 1. The van der Waals surface area contributed by atoms with Crippen molar-refractivity contribution >= 4 is 23.5 Å². The van der Waals surface area contributed by atoms with Gasteiger partial charge in [0.2, 0.25) is 0 Å². The Labute approximate surface area is 144 Å². The molecule has 0 spiro atoms. The normalized spacial score (nSPS) is 11.5. The SMILES string of the molecule is COC(=O)c1ccc(NC(=O)C(=O)NC[C@@H](O)c2cccn2C)cc1. The molecule has 0 aliphatic rings. The van der Waals surface area contributed by atoms with Gasteiger partial charge in [0.25, 0.3) is 0 Å². The molecule has 2 amide bonds. The van der Waals surface area contributed by atoms with Crippen molar-refractivity contribution in [2.24, 2.45) is 7.05 Å². The number of nitrogens with one attached hydrogen (secondary N) is 2. The van der Waals surface area contributed by atoms with Gasteiger partial charge in [-0.15, -0.1) is 0 Å². The lowest BCUT2D eigenvalue weighted by molar-refractivity contribution is -0.136. The molecule has 0 saturated heterocycles. The number of ether oxygens (including phenoxy) is 1. The number of hydrogen-bond donors (Lipinski definition) is 3. The second kappa shape index (κ2) is 8.11. The van der Waals surface area contributed by atoms with Crippen LogP contribution in [0.15, 0.2) is 42.6 Å². The average molecular weight is 345 g/mol. The van der Waals surface area contributed by atoms with Crippen LogP contribution in [-0.2, 0) is 21.4 Å². The maximum absolute atomic E-state index is 11.9. The minimum absolute atomic E-state index is 0.0919. The molecular formula is C17H19N3O5. The Morgan fingerprint density at radius 1 is 1.16 bits per heavy atom. The number of carbonyl (C=O) groups excluding carboxylic acids is 3. The van der Waals surface area contributed by atoms with E-state index in [-0.39, 0.29) is 6.54 Å². The summed E-state index contributed by atoms with van der Waals surface area (Å²) in [6.45, 7) is -0.0919. The largest absolute Gasteiger partial charge is 0.465 e. The van der Waals surface area contributed by atoms with Crippen LogP contribution < -0.4 is 10.6 Å². The van der Waals surface area contributed by atoms with Crippen LogP contribution in [0.2, 0.25) is 0 Å². The molecule has 8 heteroatoms. The number of rotatable bonds is 5. The lowest BCUT2D eigenvalue weighted by atomic mass is 10.2. The Hall–Kier alpha value is -3.13. The molecule has 1 aromatic carbocycles. The molecule has 1 heterocycles. The van der Waals surface area contributed by atoms with E-state index < -0.39 is 23.9 Å². The quantitative estimate of drug-likeness (QED) is 0.543. The highest BCUT2D eigenvalue weighted by Crippen LogP contribution is 2.12. The van der Waals surface area contributed by atoms with E-state index in [1.807, 2.05) is 0 Å². The predicted molar refractivity (Wildman–Crippen MR) is 89.8 cm³/mol. The number of nitrogens with zero attached hydrogens (tertiary/aromatic N) is 1. The van der Waals surface area contributed by atoms with Gasteiger partial charge >= 0.3 is 17.8 Å². The molecule has 1 aromatic heterocycles. The summed E-state index contributed by atoms with van der Waals surface area (Å²) in [5.74, 6) is -2.24. The molecule has 132 valence electrons. The summed E-state index contributed by atoms with van der Waals surface area (Å²) in [4.78, 5) is 35.0. The summed E-state index contributed by atoms with van der Waals surface area (Å²) in [5.41, 5.74) is 1.31. The summed E-state index contributed by atoms with van der Waals surface area (Å²) >= 11 is 0. The van der Waals surface area contributed by atoms with Gasteiger partial charge in [0.1, 0.15) is 6.10 Å². The molecule has 0 aliphatic heterocycles. The molecule has 25 heavy (non-hydrogen) atoms. The standard InChI is InChI=1S/C17H19N3O5/c1-20-9-3-4-13(20)14(21)10-18-15(22)16(23)19-12-7-5-11(6-8-12)17(24)25-2/h3-9,14,21H,10H2,1-2H3,(H,18,22)(H,19,23)/t14-/m1/s1. The Morgan fingerprint density at radius 3 is 2.40 bits per heavy atom. The molecule has 0 bridgehead atoms. The van der Waals surface area contributed by atoms with Crippen LogP contribution >= 0.6 is 0 Å². The van der Waals surface area contributed by atoms with E-state index in [1.54, 1.807) is 29.9 Å². The van der Waals surface area contributed by atoms with Crippen LogP contribution in [0.3, 0.4) is 0 Å². The van der Waals surface area contributed by atoms with Gasteiger partial charge in [0, 0.05) is 31.2 Å². The van der Waals surface area contributed by atoms with Crippen LogP contribution in [0.25, 0.3) is 0 Å². The maximum Gasteiger partial charge on any atom is 0.337 e. The number of aromatic nitrogens is 1. The van der Waals surface area contributed by atoms with Gasteiger partial charge in [-0.25, -0.2) is 4.79 Å². The Bertz CT molecular complexity index is 767. The number of carbonyl (C=O) groups is 3. The molecule has 0 aliphatic carbocycles. The zero-order valence-electron chi connectivity index (χ0n) is 13.9. The average Bonchev–Trinajstić information content (AvgIpc) is 3.05. The summed E-state index contributed by atoms with van der Waals surface area (Å²) in [6, 6.07) is 9.40. The minimum Gasteiger partial charge on any atom is -0.465 e. The lowest BCUT2D eigenvalue weighted by Crippen LogP contribution is -2.37. The number of esters is 1. The van der Waals surface area contributed by atoms with Crippen molar-refractivity contribution < 1.29 is 24.2 Å². The van der Waals surface area contributed by atoms with Gasteiger partial charge in [0.05, 0.1) is 12.7 Å². The zero-order valence-corrected chi connectivity index (χ0v) is 13.9. The molecule has 0 fully saturated rings. The van der Waals surface area contributed by atoms with Crippen molar-refractivity contribution in [3.63, 3.8) is 0 Å². The predicted octanol–water partition coefficient (Wildman–Crippen LogP) is 0.600. The van der Waals surface area contributed by atoms with Gasteiger partial charge in [-0.3, -0.25) is 9.59 Å². The first-order chi connectivity index (χ1) is 11.9. The highest BCUT2D eigenvalue weighted by molar-refractivity contribution is 6.39. The first kappa shape index (κ1) is 18.2. The fourth-order valence-electron chi connectivity index (χ4n) is 2.19. The second-order valence-electron chi connectivity index (χ2n) is 5.29. The zero-order chi connectivity index (χ0) is 18.4. The topological polar surface area (TPSA) is 110 Å². The second-order valence-corrected chi connectivity index (χ2v) is 5.29. The van der Waals surface area contributed by atoms with E-state index in [2.05, 4.69) is 15.4 Å². The molecule has 8 nitrogen and oxygen atoms in total. The van der Waals surface area contributed by atoms with Crippen LogP contribution in [0.5, 0.6) is 0 Å². The minimum atomic E-state index is -0.920. The number of aryl methyl sites for hydroxylation is 1. The molecule has 0 unspecified atom stereocenters. The van der Waals surface area contributed by atoms with Crippen molar-refractivity contribution in [2.75, 3.05) is 19.0 Å². The van der Waals surface area contributed by atoms with Crippen LogP contribution in [0, 0.1) is 0 Å². The Morgan fingerprint density at radius 2 is 1.84 bits per heavy atom. The number of aliphatic hydroxyl groups is 1.